The molecule has 0 fully saturated rings. The van der Waals surface area contributed by atoms with Gasteiger partial charge in [0.05, 0.1) is 20.3 Å². The van der Waals surface area contributed by atoms with Gasteiger partial charge in [-0.15, -0.1) is 24.0 Å². The Kier molecular flexibility index (Phi) is 11.8. The molecule has 0 saturated carbocycles. The molecule has 0 unspecified atom stereocenters. The summed E-state index contributed by atoms with van der Waals surface area (Å²) in [5.74, 6) is 1.31. The quantitative estimate of drug-likeness (QED) is 0.272. The van der Waals surface area contributed by atoms with Gasteiger partial charge in [-0.25, -0.2) is 9.98 Å². The van der Waals surface area contributed by atoms with Gasteiger partial charge >= 0.3 is 6.61 Å². The summed E-state index contributed by atoms with van der Waals surface area (Å²) >= 11 is 0. The van der Waals surface area contributed by atoms with Crippen molar-refractivity contribution in [1.82, 2.24) is 15.6 Å². The van der Waals surface area contributed by atoms with Crippen LogP contribution in [-0.4, -0.2) is 37.8 Å². The van der Waals surface area contributed by atoms with Crippen molar-refractivity contribution < 1.29 is 23.0 Å². The van der Waals surface area contributed by atoms with Gasteiger partial charge < -0.3 is 24.8 Å². The molecule has 30 heavy (non-hydrogen) atoms. The number of rotatable bonds is 10. The smallest absolute Gasteiger partial charge is 0.387 e. The van der Waals surface area contributed by atoms with E-state index in [1.165, 1.54) is 0 Å². The Labute approximate surface area is 192 Å². The summed E-state index contributed by atoms with van der Waals surface area (Å²) in [6.07, 6.45) is 1.64. The van der Waals surface area contributed by atoms with Crippen molar-refractivity contribution >= 4 is 29.9 Å². The average molecular weight is 536 g/mol. The number of aliphatic imine (C=N–C) groups is 1. The first-order valence-electron chi connectivity index (χ1n) is 9.28. The maximum Gasteiger partial charge on any atom is 0.387 e. The molecule has 0 amide bonds. The third kappa shape index (κ3) is 7.81. The molecule has 0 saturated heterocycles. The number of pyridine rings is 1. The summed E-state index contributed by atoms with van der Waals surface area (Å²) in [4.78, 5) is 8.66. The van der Waals surface area contributed by atoms with Crippen LogP contribution in [0.25, 0.3) is 0 Å². The van der Waals surface area contributed by atoms with Crippen LogP contribution >= 0.6 is 24.0 Å². The molecule has 2 aromatic rings. The van der Waals surface area contributed by atoms with Crippen LogP contribution in [0.3, 0.4) is 0 Å². The number of nitrogens with zero attached hydrogens (tertiary/aromatic N) is 2. The Morgan fingerprint density at radius 1 is 1.13 bits per heavy atom. The molecule has 0 aliphatic rings. The van der Waals surface area contributed by atoms with E-state index in [1.54, 1.807) is 44.5 Å². The lowest BCUT2D eigenvalue weighted by Gasteiger charge is -2.17. The van der Waals surface area contributed by atoms with Crippen molar-refractivity contribution in [2.24, 2.45) is 4.99 Å². The molecule has 2 rings (SSSR count). The second-order valence-corrected chi connectivity index (χ2v) is 5.78. The summed E-state index contributed by atoms with van der Waals surface area (Å²) < 4.78 is 41.1. The summed E-state index contributed by atoms with van der Waals surface area (Å²) in [6.45, 7) is 2.30. The van der Waals surface area contributed by atoms with Crippen LogP contribution in [0.15, 0.2) is 41.5 Å². The second kappa shape index (κ2) is 13.8. The third-order valence-electron chi connectivity index (χ3n) is 3.81. The number of alkyl halides is 2. The highest BCUT2D eigenvalue weighted by Crippen LogP contribution is 2.32. The van der Waals surface area contributed by atoms with Gasteiger partial charge in [0.15, 0.2) is 17.5 Å². The third-order valence-corrected chi connectivity index (χ3v) is 3.81. The molecular weight excluding hydrogens is 509 g/mol. The summed E-state index contributed by atoms with van der Waals surface area (Å²) in [7, 11) is 1.55. The SMILES string of the molecule is CCNC(=NCc1cccnc1OC)NCc1cccc(OCC)c1OC(F)F.I. The van der Waals surface area contributed by atoms with Gasteiger partial charge in [-0.2, -0.15) is 8.78 Å². The largest absolute Gasteiger partial charge is 0.490 e. The Balaban J connectivity index is 0.00000450. The van der Waals surface area contributed by atoms with Crippen LogP contribution in [0.5, 0.6) is 17.4 Å². The fraction of sp³-hybridized carbons (Fsp3) is 0.400. The minimum Gasteiger partial charge on any atom is -0.490 e. The van der Waals surface area contributed by atoms with Crippen molar-refractivity contribution in [3.8, 4) is 17.4 Å². The van der Waals surface area contributed by atoms with Crippen LogP contribution in [0, 0.1) is 0 Å². The predicted octanol–water partition coefficient (Wildman–Crippen LogP) is 3.96. The van der Waals surface area contributed by atoms with Crippen LogP contribution in [0.4, 0.5) is 8.78 Å². The Morgan fingerprint density at radius 3 is 2.57 bits per heavy atom. The van der Waals surface area contributed by atoms with Gasteiger partial charge in [0.25, 0.3) is 0 Å². The normalized spacial score (nSPS) is 10.9. The van der Waals surface area contributed by atoms with Crippen LogP contribution in [-0.2, 0) is 13.1 Å². The lowest BCUT2D eigenvalue weighted by Crippen LogP contribution is -2.37. The van der Waals surface area contributed by atoms with Crippen molar-refractivity contribution in [2.75, 3.05) is 20.3 Å². The molecule has 7 nitrogen and oxygen atoms in total. The summed E-state index contributed by atoms with van der Waals surface area (Å²) in [6, 6.07) is 8.70. The molecule has 2 N–H and O–H groups in total. The van der Waals surface area contributed by atoms with Gasteiger partial charge in [0, 0.05) is 30.4 Å². The predicted molar refractivity (Wildman–Crippen MR) is 122 cm³/mol. The number of aromatic nitrogens is 1. The average Bonchev–Trinajstić information content (AvgIpc) is 2.72. The topological polar surface area (TPSA) is 77.0 Å². The van der Waals surface area contributed by atoms with Gasteiger partial charge in [-0.3, -0.25) is 0 Å². The zero-order valence-electron chi connectivity index (χ0n) is 17.2. The van der Waals surface area contributed by atoms with E-state index in [4.69, 9.17) is 14.2 Å². The monoisotopic (exact) mass is 536 g/mol. The van der Waals surface area contributed by atoms with E-state index >= 15 is 0 Å². The van der Waals surface area contributed by atoms with Crippen molar-refractivity contribution in [1.29, 1.82) is 0 Å². The summed E-state index contributed by atoms with van der Waals surface area (Å²) in [5.41, 5.74) is 1.35. The molecule has 0 spiro atoms. The molecule has 0 bridgehead atoms. The van der Waals surface area contributed by atoms with Crippen molar-refractivity contribution in [3.05, 3.63) is 47.7 Å². The number of nitrogens with one attached hydrogen (secondary N) is 2. The maximum atomic E-state index is 12.9. The van der Waals surface area contributed by atoms with Crippen molar-refractivity contribution in [3.63, 3.8) is 0 Å². The molecule has 1 aromatic carbocycles. The molecule has 10 heteroatoms. The van der Waals surface area contributed by atoms with E-state index in [1.807, 2.05) is 13.0 Å². The molecule has 1 aromatic heterocycles. The van der Waals surface area contributed by atoms with E-state index in [2.05, 4.69) is 20.6 Å². The van der Waals surface area contributed by atoms with Crippen molar-refractivity contribution in [2.45, 2.75) is 33.5 Å². The molecule has 0 atom stereocenters. The molecule has 1 heterocycles. The maximum absolute atomic E-state index is 12.9. The van der Waals surface area contributed by atoms with Crippen LogP contribution < -0.4 is 24.8 Å². The minimum atomic E-state index is -2.95. The molecule has 0 aliphatic carbocycles. The van der Waals surface area contributed by atoms with E-state index < -0.39 is 6.61 Å². The lowest BCUT2D eigenvalue weighted by molar-refractivity contribution is -0.0520. The van der Waals surface area contributed by atoms with E-state index in [0.717, 1.165) is 5.56 Å². The first kappa shape index (κ1) is 25.7. The minimum absolute atomic E-state index is 0. The number of guanidine groups is 1. The van der Waals surface area contributed by atoms with Gasteiger partial charge in [-0.05, 0) is 26.0 Å². The van der Waals surface area contributed by atoms with Gasteiger partial charge in [-0.1, -0.05) is 18.2 Å². The van der Waals surface area contributed by atoms with Crippen LogP contribution in [0.1, 0.15) is 25.0 Å². The second-order valence-electron chi connectivity index (χ2n) is 5.78. The number of para-hydroxylation sites is 1. The number of hydrogen-bond donors (Lipinski definition) is 2. The van der Waals surface area contributed by atoms with E-state index in [0.29, 0.717) is 37.1 Å². The molecule has 166 valence electrons. The molecule has 0 radical (unpaired) electrons. The highest BCUT2D eigenvalue weighted by atomic mass is 127. The number of methoxy groups -OCH3 is 1. The summed E-state index contributed by atoms with van der Waals surface area (Å²) in [5, 5.41) is 6.24. The number of halogens is 3. The highest BCUT2D eigenvalue weighted by molar-refractivity contribution is 14.0. The number of hydrogen-bond acceptors (Lipinski definition) is 5. The van der Waals surface area contributed by atoms with Gasteiger partial charge in [0.1, 0.15) is 0 Å². The van der Waals surface area contributed by atoms with E-state index in [9.17, 15) is 8.78 Å². The first-order valence-corrected chi connectivity index (χ1v) is 9.28. The van der Waals surface area contributed by atoms with Crippen LogP contribution in [0.2, 0.25) is 0 Å². The zero-order chi connectivity index (χ0) is 21.1. The first-order chi connectivity index (χ1) is 14.1. The standard InChI is InChI=1S/C20H26F2N4O3.HI/c1-4-23-20(26-13-15-9-7-11-24-18(15)27-3)25-12-14-8-6-10-16(28-5-2)17(14)29-19(21)22;/h6-11,19H,4-5,12-13H2,1-3H3,(H2,23,25,26);1H. The number of ether oxygens (including phenoxy) is 3. The number of benzene rings is 1. The Morgan fingerprint density at radius 2 is 1.90 bits per heavy atom. The Hall–Kier alpha value is -2.37. The zero-order valence-corrected chi connectivity index (χ0v) is 19.5. The van der Waals surface area contributed by atoms with Gasteiger partial charge in [0.2, 0.25) is 5.88 Å². The highest BCUT2D eigenvalue weighted by Gasteiger charge is 2.16. The lowest BCUT2D eigenvalue weighted by atomic mass is 10.2. The fourth-order valence-corrected chi connectivity index (χ4v) is 2.61. The van der Waals surface area contributed by atoms with E-state index in [-0.39, 0.29) is 42.0 Å². The fourth-order valence-electron chi connectivity index (χ4n) is 2.61. The molecular formula is C20H27F2IN4O3. The Bertz CT molecular complexity index is 809. The molecule has 0 aliphatic heterocycles.